The molecule has 0 aromatic carbocycles. The van der Waals surface area contributed by atoms with E-state index in [1.165, 1.54) is 23.6 Å². The van der Waals surface area contributed by atoms with Crippen molar-refractivity contribution in [1.82, 2.24) is 14.7 Å². The first-order chi connectivity index (χ1) is 8.84. The molecule has 3 nitrogen and oxygen atoms in total. The highest BCUT2D eigenvalue weighted by Gasteiger charge is 2.15. The Hall–Kier alpha value is -1.00. The number of fused-ring (bicyclic) bond motifs is 1. The number of rotatable bonds is 4. The summed E-state index contributed by atoms with van der Waals surface area (Å²) in [4.78, 5) is 4.58. The van der Waals surface area contributed by atoms with Crippen LogP contribution in [-0.4, -0.2) is 27.4 Å². The number of hydrogen-bond donors (Lipinski definition) is 1. The molecule has 3 rings (SSSR count). The van der Waals surface area contributed by atoms with Crippen LogP contribution in [0.15, 0.2) is 24.4 Å². The predicted octanol–water partition coefficient (Wildman–Crippen LogP) is 2.49. The summed E-state index contributed by atoms with van der Waals surface area (Å²) in [6, 6.07) is 6.16. The summed E-state index contributed by atoms with van der Waals surface area (Å²) in [5, 5.41) is 3.59. The number of aryl methyl sites for hydroxylation is 1. The minimum Gasteiger partial charge on any atom is -0.311 e. The van der Waals surface area contributed by atoms with E-state index in [2.05, 4.69) is 51.7 Å². The molecule has 1 saturated heterocycles. The van der Waals surface area contributed by atoms with E-state index in [9.17, 15) is 0 Å². The second kappa shape index (κ2) is 5.33. The van der Waals surface area contributed by atoms with Crippen LogP contribution in [0.1, 0.15) is 17.8 Å². The maximum Gasteiger partial charge on any atom is 0.137 e. The van der Waals surface area contributed by atoms with Crippen molar-refractivity contribution in [1.29, 1.82) is 0 Å². The molecule has 96 valence electrons. The van der Waals surface area contributed by atoms with Crippen LogP contribution in [0.2, 0.25) is 0 Å². The lowest BCUT2D eigenvalue weighted by Crippen LogP contribution is -2.23. The minimum absolute atomic E-state index is 0.856. The number of pyridine rings is 1. The summed E-state index contributed by atoms with van der Waals surface area (Å²) in [7, 11) is 0. The van der Waals surface area contributed by atoms with Crippen molar-refractivity contribution in [3.05, 3.63) is 35.8 Å². The van der Waals surface area contributed by atoms with E-state index in [-0.39, 0.29) is 0 Å². The average molecular weight is 261 g/mol. The molecule has 1 atom stereocenters. The van der Waals surface area contributed by atoms with Crippen LogP contribution in [0, 0.1) is 12.8 Å². The molecule has 0 saturated carbocycles. The largest absolute Gasteiger partial charge is 0.311 e. The molecule has 2 aromatic rings. The molecule has 0 spiro atoms. The van der Waals surface area contributed by atoms with Crippen LogP contribution in [0.4, 0.5) is 0 Å². The first kappa shape index (κ1) is 12.1. The topological polar surface area (TPSA) is 29.3 Å². The number of aromatic nitrogens is 2. The number of nitrogens with zero attached hydrogens (tertiary/aromatic N) is 2. The van der Waals surface area contributed by atoms with E-state index in [1.807, 2.05) is 6.07 Å². The maximum absolute atomic E-state index is 4.58. The second-order valence-corrected chi connectivity index (χ2v) is 6.08. The Kier molecular flexibility index (Phi) is 3.57. The monoisotopic (exact) mass is 261 g/mol. The molecule has 0 amide bonds. The van der Waals surface area contributed by atoms with Gasteiger partial charge in [0.1, 0.15) is 5.65 Å². The van der Waals surface area contributed by atoms with Gasteiger partial charge in [0.05, 0.1) is 11.4 Å². The van der Waals surface area contributed by atoms with Gasteiger partial charge in [-0.3, -0.25) is 0 Å². The van der Waals surface area contributed by atoms with Gasteiger partial charge in [-0.1, -0.05) is 6.07 Å². The van der Waals surface area contributed by atoms with Crippen LogP contribution < -0.4 is 5.32 Å². The molecule has 18 heavy (non-hydrogen) atoms. The Morgan fingerprint density at radius 3 is 3.28 bits per heavy atom. The smallest absolute Gasteiger partial charge is 0.137 e. The molecule has 1 N–H and O–H groups in total. The summed E-state index contributed by atoms with van der Waals surface area (Å²) in [6.45, 7) is 4.14. The lowest BCUT2D eigenvalue weighted by molar-refractivity contribution is 0.518. The van der Waals surface area contributed by atoms with Crippen molar-refractivity contribution in [3.8, 4) is 0 Å². The fourth-order valence-electron chi connectivity index (χ4n) is 2.52. The summed E-state index contributed by atoms with van der Waals surface area (Å²) in [5.74, 6) is 3.51. The Bertz CT molecular complexity index is 529. The number of imidazole rings is 1. The third kappa shape index (κ3) is 2.40. The van der Waals surface area contributed by atoms with Gasteiger partial charge < -0.3 is 9.72 Å². The zero-order valence-electron chi connectivity index (χ0n) is 10.7. The number of hydrogen-bond acceptors (Lipinski definition) is 3. The highest BCUT2D eigenvalue weighted by molar-refractivity contribution is 7.99. The normalized spacial score (nSPS) is 19.7. The molecular formula is C14H19N3S. The van der Waals surface area contributed by atoms with E-state index >= 15 is 0 Å². The van der Waals surface area contributed by atoms with Crippen LogP contribution in [0.25, 0.3) is 5.65 Å². The molecule has 4 heteroatoms. The molecule has 1 unspecified atom stereocenters. The molecule has 2 aromatic heterocycles. The predicted molar refractivity (Wildman–Crippen MR) is 77.1 cm³/mol. The van der Waals surface area contributed by atoms with Crippen LogP contribution in [0.5, 0.6) is 0 Å². The highest BCUT2D eigenvalue weighted by atomic mass is 32.2. The second-order valence-electron chi connectivity index (χ2n) is 4.93. The van der Waals surface area contributed by atoms with Crippen molar-refractivity contribution in [3.63, 3.8) is 0 Å². The summed E-state index contributed by atoms with van der Waals surface area (Å²) in [5.41, 5.74) is 3.47. The van der Waals surface area contributed by atoms with Crippen molar-refractivity contribution in [2.45, 2.75) is 19.9 Å². The van der Waals surface area contributed by atoms with Crippen LogP contribution in [-0.2, 0) is 6.54 Å². The Morgan fingerprint density at radius 2 is 2.44 bits per heavy atom. The van der Waals surface area contributed by atoms with Crippen molar-refractivity contribution in [2.75, 3.05) is 18.1 Å². The van der Waals surface area contributed by atoms with Gasteiger partial charge in [0.15, 0.2) is 0 Å². The molecule has 1 aliphatic rings. The zero-order valence-corrected chi connectivity index (χ0v) is 11.5. The van der Waals surface area contributed by atoms with Crippen molar-refractivity contribution in [2.24, 2.45) is 5.92 Å². The molecule has 0 radical (unpaired) electrons. The van der Waals surface area contributed by atoms with Crippen molar-refractivity contribution >= 4 is 17.4 Å². The molecule has 3 heterocycles. The lowest BCUT2D eigenvalue weighted by atomic mass is 10.1. The molecule has 0 aliphatic carbocycles. The zero-order chi connectivity index (χ0) is 12.4. The van der Waals surface area contributed by atoms with E-state index in [1.54, 1.807) is 0 Å². The van der Waals surface area contributed by atoms with Gasteiger partial charge in [0.2, 0.25) is 0 Å². The van der Waals surface area contributed by atoms with E-state index in [4.69, 9.17) is 0 Å². The average Bonchev–Trinajstić information content (AvgIpc) is 2.98. The fraction of sp³-hybridized carbons (Fsp3) is 0.500. The number of thioether (sulfide) groups is 1. The van der Waals surface area contributed by atoms with Gasteiger partial charge in [-0.2, -0.15) is 11.8 Å². The van der Waals surface area contributed by atoms with Gasteiger partial charge in [0, 0.05) is 12.7 Å². The van der Waals surface area contributed by atoms with E-state index in [0.717, 1.165) is 30.3 Å². The van der Waals surface area contributed by atoms with E-state index < -0.39 is 0 Å². The SMILES string of the molecule is Cc1nc2ccccn2c1CNCC1CCSC1. The number of nitrogens with one attached hydrogen (secondary N) is 1. The van der Waals surface area contributed by atoms with Gasteiger partial charge in [0.25, 0.3) is 0 Å². The third-order valence-corrected chi connectivity index (χ3v) is 4.81. The Morgan fingerprint density at radius 1 is 1.50 bits per heavy atom. The van der Waals surface area contributed by atoms with Crippen LogP contribution in [0.3, 0.4) is 0 Å². The lowest BCUT2D eigenvalue weighted by Gasteiger charge is -2.10. The molecular weight excluding hydrogens is 242 g/mol. The fourth-order valence-corrected chi connectivity index (χ4v) is 3.80. The van der Waals surface area contributed by atoms with Crippen molar-refractivity contribution < 1.29 is 0 Å². The summed E-state index contributed by atoms with van der Waals surface area (Å²) >= 11 is 2.08. The van der Waals surface area contributed by atoms with E-state index in [0.29, 0.717) is 0 Å². The first-order valence-electron chi connectivity index (χ1n) is 6.55. The third-order valence-electron chi connectivity index (χ3n) is 3.58. The van der Waals surface area contributed by atoms with Gasteiger partial charge in [-0.25, -0.2) is 4.98 Å². The van der Waals surface area contributed by atoms with Gasteiger partial charge in [-0.15, -0.1) is 0 Å². The Labute approximate surface area is 112 Å². The standard InChI is InChI=1S/C14H19N3S/c1-11-13(9-15-8-12-5-7-18-10-12)17-6-3-2-4-14(17)16-11/h2-4,6,12,15H,5,7-10H2,1H3. The molecule has 1 aliphatic heterocycles. The minimum atomic E-state index is 0.856. The first-order valence-corrected chi connectivity index (χ1v) is 7.71. The highest BCUT2D eigenvalue weighted by Crippen LogP contribution is 2.22. The quantitative estimate of drug-likeness (QED) is 0.917. The molecule has 1 fully saturated rings. The van der Waals surface area contributed by atoms with Gasteiger partial charge in [-0.05, 0) is 49.4 Å². The molecule has 0 bridgehead atoms. The maximum atomic E-state index is 4.58. The van der Waals surface area contributed by atoms with Crippen LogP contribution >= 0.6 is 11.8 Å². The Balaban J connectivity index is 1.68. The summed E-state index contributed by atoms with van der Waals surface area (Å²) < 4.78 is 2.19. The summed E-state index contributed by atoms with van der Waals surface area (Å²) in [6.07, 6.45) is 3.46. The van der Waals surface area contributed by atoms with Gasteiger partial charge >= 0.3 is 0 Å².